The highest BCUT2D eigenvalue weighted by Gasteiger charge is 2.46. The molecule has 8 heteroatoms. The maximum Gasteiger partial charge on any atom is 0.328 e. The minimum atomic E-state index is -0.777. The van der Waals surface area contributed by atoms with Crippen LogP contribution in [0, 0.1) is 0 Å². The second-order valence-electron chi connectivity index (χ2n) is 9.17. The Labute approximate surface area is 216 Å². The first-order valence-electron chi connectivity index (χ1n) is 12.2. The van der Waals surface area contributed by atoms with E-state index in [2.05, 4.69) is 0 Å². The molecule has 190 valence electrons. The number of carbonyl (C=O) groups excluding carboxylic acids is 3. The van der Waals surface area contributed by atoms with Crippen LogP contribution in [-0.4, -0.2) is 59.9 Å². The van der Waals surface area contributed by atoms with Gasteiger partial charge in [-0.3, -0.25) is 14.5 Å². The molecule has 0 N–H and O–H groups in total. The first-order chi connectivity index (χ1) is 18.0. The summed E-state index contributed by atoms with van der Waals surface area (Å²) in [6.07, 6.45) is 0.649. The van der Waals surface area contributed by atoms with Gasteiger partial charge in [0, 0.05) is 19.6 Å². The predicted octanol–water partition coefficient (Wildman–Crippen LogP) is 3.79. The lowest BCUT2D eigenvalue weighted by molar-refractivity contribution is -0.138. The van der Waals surface area contributed by atoms with E-state index < -0.39 is 12.1 Å². The topological polar surface area (TPSA) is 79.4 Å². The molecule has 0 aliphatic carbocycles. The lowest BCUT2D eigenvalue weighted by Gasteiger charge is -2.30. The SMILES string of the molecule is COc1cc2c(cc1OC)CN(C(=O)CN1C(=O)C(c3ccccc3)N(Cc3ccccc3)C1=O)CC2. The maximum atomic E-state index is 13.5. The average molecular weight is 500 g/mol. The molecule has 37 heavy (non-hydrogen) atoms. The van der Waals surface area contributed by atoms with Gasteiger partial charge in [0.1, 0.15) is 12.6 Å². The highest BCUT2D eigenvalue weighted by Crippen LogP contribution is 2.35. The lowest BCUT2D eigenvalue weighted by Crippen LogP contribution is -2.45. The van der Waals surface area contributed by atoms with Crippen molar-refractivity contribution in [2.75, 3.05) is 27.3 Å². The van der Waals surface area contributed by atoms with E-state index in [9.17, 15) is 14.4 Å². The van der Waals surface area contributed by atoms with E-state index in [4.69, 9.17) is 9.47 Å². The number of amides is 4. The van der Waals surface area contributed by atoms with E-state index in [1.807, 2.05) is 72.8 Å². The zero-order chi connectivity index (χ0) is 25.9. The molecule has 1 saturated heterocycles. The van der Waals surface area contributed by atoms with Gasteiger partial charge in [-0.15, -0.1) is 0 Å². The Balaban J connectivity index is 1.36. The third-order valence-corrected chi connectivity index (χ3v) is 6.96. The fourth-order valence-corrected chi connectivity index (χ4v) is 5.01. The second-order valence-corrected chi connectivity index (χ2v) is 9.17. The molecule has 1 fully saturated rings. The second kappa shape index (κ2) is 10.3. The Morgan fingerprint density at radius 1 is 0.892 bits per heavy atom. The lowest BCUT2D eigenvalue weighted by atomic mass is 9.98. The summed E-state index contributed by atoms with van der Waals surface area (Å²) >= 11 is 0. The fourth-order valence-electron chi connectivity index (χ4n) is 5.01. The van der Waals surface area contributed by atoms with Crippen LogP contribution in [-0.2, 0) is 29.1 Å². The van der Waals surface area contributed by atoms with Crippen LogP contribution >= 0.6 is 0 Å². The smallest absolute Gasteiger partial charge is 0.328 e. The first-order valence-corrected chi connectivity index (χ1v) is 12.2. The third-order valence-electron chi connectivity index (χ3n) is 6.96. The number of imide groups is 1. The van der Waals surface area contributed by atoms with Gasteiger partial charge in [0.05, 0.1) is 14.2 Å². The number of urea groups is 1. The minimum absolute atomic E-state index is 0.268. The summed E-state index contributed by atoms with van der Waals surface area (Å²) in [6.45, 7) is 0.845. The molecule has 0 radical (unpaired) electrons. The van der Waals surface area contributed by atoms with Gasteiger partial charge in [0.25, 0.3) is 5.91 Å². The number of hydrogen-bond acceptors (Lipinski definition) is 5. The van der Waals surface area contributed by atoms with Crippen molar-refractivity contribution >= 4 is 17.8 Å². The fraction of sp³-hybridized carbons (Fsp3) is 0.276. The van der Waals surface area contributed by atoms with E-state index in [-0.39, 0.29) is 24.9 Å². The molecule has 0 saturated carbocycles. The van der Waals surface area contributed by atoms with Crippen LogP contribution < -0.4 is 9.47 Å². The summed E-state index contributed by atoms with van der Waals surface area (Å²) in [5.41, 5.74) is 3.69. The van der Waals surface area contributed by atoms with Crippen molar-refractivity contribution in [1.29, 1.82) is 0 Å². The number of hydrogen-bond donors (Lipinski definition) is 0. The Hall–Kier alpha value is -4.33. The third kappa shape index (κ3) is 4.74. The van der Waals surface area contributed by atoms with Gasteiger partial charge < -0.3 is 19.3 Å². The van der Waals surface area contributed by atoms with Gasteiger partial charge in [-0.25, -0.2) is 4.79 Å². The van der Waals surface area contributed by atoms with Crippen LogP contribution in [0.25, 0.3) is 0 Å². The Bertz CT molecular complexity index is 1310. The van der Waals surface area contributed by atoms with Crippen molar-refractivity contribution in [2.24, 2.45) is 0 Å². The van der Waals surface area contributed by atoms with Crippen LogP contribution in [0.1, 0.15) is 28.3 Å². The maximum absolute atomic E-state index is 13.5. The van der Waals surface area contributed by atoms with E-state index in [0.717, 1.165) is 27.2 Å². The molecule has 0 spiro atoms. The molecule has 0 bridgehead atoms. The predicted molar refractivity (Wildman–Crippen MR) is 137 cm³/mol. The summed E-state index contributed by atoms with van der Waals surface area (Å²) in [5, 5.41) is 0. The summed E-state index contributed by atoms with van der Waals surface area (Å²) in [6, 6.07) is 21.4. The number of methoxy groups -OCH3 is 2. The van der Waals surface area contributed by atoms with Gasteiger partial charge in [-0.2, -0.15) is 0 Å². The van der Waals surface area contributed by atoms with Gasteiger partial charge in [-0.05, 0) is 40.8 Å². The summed E-state index contributed by atoms with van der Waals surface area (Å²) in [5.74, 6) is 0.599. The van der Waals surface area contributed by atoms with Crippen molar-refractivity contribution in [3.63, 3.8) is 0 Å². The Morgan fingerprint density at radius 2 is 1.51 bits per heavy atom. The Kier molecular flexibility index (Phi) is 6.81. The summed E-state index contributed by atoms with van der Waals surface area (Å²) in [4.78, 5) is 44.7. The van der Waals surface area contributed by atoms with Crippen LogP contribution in [0.2, 0.25) is 0 Å². The molecule has 2 aliphatic heterocycles. The number of fused-ring (bicyclic) bond motifs is 1. The van der Waals surface area contributed by atoms with E-state index in [1.54, 1.807) is 24.0 Å². The van der Waals surface area contributed by atoms with E-state index >= 15 is 0 Å². The standard InChI is InChI=1S/C29H29N3O5/c1-36-24-15-22-13-14-30(18-23(22)16-25(24)37-2)26(33)19-32-28(34)27(21-11-7-4-8-12-21)31(29(32)35)17-20-9-5-3-6-10-20/h3-12,15-16,27H,13-14,17-19H2,1-2H3. The van der Waals surface area contributed by atoms with Gasteiger partial charge in [0.15, 0.2) is 11.5 Å². The zero-order valence-corrected chi connectivity index (χ0v) is 20.9. The minimum Gasteiger partial charge on any atom is -0.493 e. The van der Waals surface area contributed by atoms with Gasteiger partial charge in [-0.1, -0.05) is 60.7 Å². The summed E-state index contributed by atoms with van der Waals surface area (Å²) < 4.78 is 10.8. The van der Waals surface area contributed by atoms with Crippen molar-refractivity contribution in [3.05, 3.63) is 95.1 Å². The molecule has 5 rings (SSSR count). The van der Waals surface area contributed by atoms with Crippen LogP contribution in [0.5, 0.6) is 11.5 Å². The van der Waals surface area contributed by atoms with E-state index in [0.29, 0.717) is 31.0 Å². The van der Waals surface area contributed by atoms with Crippen molar-refractivity contribution in [3.8, 4) is 11.5 Å². The average Bonchev–Trinajstić information content (AvgIpc) is 3.16. The number of rotatable bonds is 7. The summed E-state index contributed by atoms with van der Waals surface area (Å²) in [7, 11) is 3.17. The molecule has 1 unspecified atom stereocenters. The highest BCUT2D eigenvalue weighted by atomic mass is 16.5. The molecule has 3 aromatic rings. The monoisotopic (exact) mass is 499 g/mol. The quantitative estimate of drug-likeness (QED) is 0.462. The number of benzene rings is 3. The van der Waals surface area contributed by atoms with Crippen molar-refractivity contribution in [1.82, 2.24) is 14.7 Å². The van der Waals surface area contributed by atoms with Crippen molar-refractivity contribution < 1.29 is 23.9 Å². The normalized spacial score (nSPS) is 17.1. The molecule has 2 aliphatic rings. The molecular weight excluding hydrogens is 470 g/mol. The van der Waals surface area contributed by atoms with Crippen LogP contribution in [0.4, 0.5) is 4.79 Å². The molecule has 3 aromatic carbocycles. The highest BCUT2D eigenvalue weighted by molar-refractivity contribution is 6.06. The number of carbonyl (C=O) groups is 3. The largest absolute Gasteiger partial charge is 0.493 e. The van der Waals surface area contributed by atoms with E-state index in [1.165, 1.54) is 0 Å². The van der Waals surface area contributed by atoms with Gasteiger partial charge >= 0.3 is 6.03 Å². The van der Waals surface area contributed by atoms with Crippen LogP contribution in [0.15, 0.2) is 72.8 Å². The molecule has 2 heterocycles. The molecule has 1 atom stereocenters. The first kappa shape index (κ1) is 24.4. The number of ether oxygens (including phenoxy) is 2. The molecule has 0 aromatic heterocycles. The molecular formula is C29H29N3O5. The molecule has 8 nitrogen and oxygen atoms in total. The Morgan fingerprint density at radius 3 is 2.16 bits per heavy atom. The van der Waals surface area contributed by atoms with Crippen molar-refractivity contribution in [2.45, 2.75) is 25.6 Å². The van der Waals surface area contributed by atoms with Gasteiger partial charge in [0.2, 0.25) is 5.91 Å². The number of nitrogens with zero attached hydrogens (tertiary/aromatic N) is 3. The van der Waals surface area contributed by atoms with Crippen LogP contribution in [0.3, 0.4) is 0 Å². The molecule has 4 amide bonds. The zero-order valence-electron chi connectivity index (χ0n) is 20.9.